The van der Waals surface area contributed by atoms with Gasteiger partial charge < -0.3 is 10.6 Å². The Morgan fingerprint density at radius 3 is 2.45 bits per heavy atom. The van der Waals surface area contributed by atoms with Crippen molar-refractivity contribution in [2.75, 3.05) is 6.54 Å². The Morgan fingerprint density at radius 2 is 1.86 bits per heavy atom. The van der Waals surface area contributed by atoms with E-state index in [1.165, 1.54) is 6.07 Å². The molecule has 162 valence electrons. The first-order valence-corrected chi connectivity index (χ1v) is 11.4. The molecule has 1 heterocycles. The number of nitrogens with one attached hydrogen (secondary N) is 2. The lowest BCUT2D eigenvalue weighted by Gasteiger charge is -2.45. The van der Waals surface area contributed by atoms with Gasteiger partial charge in [-0.15, -0.1) is 0 Å². The van der Waals surface area contributed by atoms with Crippen molar-refractivity contribution in [1.82, 2.24) is 10.6 Å². The first-order valence-electron chi connectivity index (χ1n) is 9.88. The van der Waals surface area contributed by atoms with Crippen molar-refractivity contribution >= 4 is 15.7 Å². The fourth-order valence-corrected chi connectivity index (χ4v) is 5.82. The number of hydrogen-bond acceptors (Lipinski definition) is 4. The number of rotatable bonds is 5. The molecule has 2 aliphatic rings. The molecule has 1 saturated carbocycles. The molecule has 9 heteroatoms. The fourth-order valence-electron chi connectivity index (χ4n) is 4.04. The van der Waals surface area contributed by atoms with Gasteiger partial charge in [0.1, 0.15) is 0 Å². The summed E-state index contributed by atoms with van der Waals surface area (Å²) in [5.41, 5.74) is -0.979. The van der Waals surface area contributed by atoms with Gasteiger partial charge in [0, 0.05) is 6.04 Å². The molecule has 1 aliphatic heterocycles. The maximum Gasteiger partial charge on any atom is 0.416 e. The van der Waals surface area contributed by atoms with Crippen LogP contribution in [-0.2, 0) is 20.8 Å². The number of sulfone groups is 1. The largest absolute Gasteiger partial charge is 0.416 e. The van der Waals surface area contributed by atoms with Gasteiger partial charge in [-0.05, 0) is 70.2 Å². The molecule has 0 bridgehead atoms. The van der Waals surface area contributed by atoms with E-state index >= 15 is 0 Å². The minimum absolute atomic E-state index is 0.0632. The van der Waals surface area contributed by atoms with Crippen molar-refractivity contribution in [1.29, 1.82) is 0 Å². The summed E-state index contributed by atoms with van der Waals surface area (Å²) in [7, 11) is -3.98. The van der Waals surface area contributed by atoms with Crippen LogP contribution < -0.4 is 10.6 Å². The standard InChI is InChI=1S/C20H27F3N2O3S/c1-19(2,29(27,28)16-7-5-6-13(12-16)20(21,22)23)14-10-15(11-14)25-18(26)17-8-3-4-9-24-17/h5-7,12,14-15,17,24H,3-4,8-11H2,1-2H3,(H,25,26)/t14-,15+,17-/m1/s1. The Balaban J connectivity index is 1.66. The van der Waals surface area contributed by atoms with Crippen LogP contribution in [0.15, 0.2) is 29.2 Å². The van der Waals surface area contributed by atoms with E-state index in [4.69, 9.17) is 0 Å². The molecular formula is C20H27F3N2O3S. The summed E-state index contributed by atoms with van der Waals surface area (Å²) in [5.74, 6) is -0.307. The molecular weight excluding hydrogens is 405 g/mol. The van der Waals surface area contributed by atoms with Gasteiger partial charge in [-0.1, -0.05) is 12.5 Å². The average Bonchev–Trinajstić information content (AvgIpc) is 2.64. The first-order chi connectivity index (χ1) is 13.4. The molecule has 5 nitrogen and oxygen atoms in total. The van der Waals surface area contributed by atoms with Gasteiger partial charge >= 0.3 is 6.18 Å². The molecule has 0 spiro atoms. The molecule has 1 amide bonds. The van der Waals surface area contributed by atoms with Gasteiger partial charge in [0.05, 0.1) is 21.2 Å². The number of alkyl halides is 3. The van der Waals surface area contributed by atoms with Crippen LogP contribution in [0.5, 0.6) is 0 Å². The van der Waals surface area contributed by atoms with Gasteiger partial charge in [0.15, 0.2) is 9.84 Å². The quantitative estimate of drug-likeness (QED) is 0.749. The molecule has 3 rings (SSSR count). The number of benzene rings is 1. The van der Waals surface area contributed by atoms with Crippen molar-refractivity contribution < 1.29 is 26.4 Å². The van der Waals surface area contributed by atoms with Crippen LogP contribution in [0.25, 0.3) is 0 Å². The lowest BCUT2D eigenvalue weighted by molar-refractivity contribution is -0.137. The SMILES string of the molecule is CC(C)([C@H]1C[C@@H](NC(=O)[C@H]2CCCCN2)C1)S(=O)(=O)c1cccc(C(F)(F)F)c1. The topological polar surface area (TPSA) is 75.3 Å². The molecule has 0 radical (unpaired) electrons. The third kappa shape index (κ3) is 4.45. The van der Waals surface area contributed by atoms with E-state index in [0.29, 0.717) is 18.9 Å². The third-order valence-electron chi connectivity index (χ3n) is 6.26. The smallest absolute Gasteiger partial charge is 0.352 e. The molecule has 29 heavy (non-hydrogen) atoms. The lowest BCUT2D eigenvalue weighted by Crippen LogP contribution is -2.57. The van der Waals surface area contributed by atoms with Gasteiger partial charge in [0.2, 0.25) is 5.91 Å². The predicted octanol–water partition coefficient (Wildman–Crippen LogP) is 3.29. The molecule has 1 aromatic carbocycles. The van der Waals surface area contributed by atoms with Crippen molar-refractivity contribution in [3.05, 3.63) is 29.8 Å². The Labute approximate surface area is 169 Å². The van der Waals surface area contributed by atoms with Crippen molar-refractivity contribution in [2.45, 2.75) is 73.9 Å². The van der Waals surface area contributed by atoms with E-state index in [2.05, 4.69) is 10.6 Å². The number of halogens is 3. The highest BCUT2D eigenvalue weighted by Crippen LogP contribution is 2.44. The summed E-state index contributed by atoms with van der Waals surface area (Å²) in [6.07, 6.45) is -0.781. The highest BCUT2D eigenvalue weighted by atomic mass is 32.2. The Morgan fingerprint density at radius 1 is 1.17 bits per heavy atom. The van der Waals surface area contributed by atoms with E-state index in [0.717, 1.165) is 37.9 Å². The highest BCUT2D eigenvalue weighted by molar-refractivity contribution is 7.92. The normalized spacial score (nSPS) is 25.9. The van der Waals surface area contributed by atoms with Crippen LogP contribution >= 0.6 is 0 Å². The van der Waals surface area contributed by atoms with E-state index in [1.807, 2.05) is 0 Å². The highest BCUT2D eigenvalue weighted by Gasteiger charge is 2.49. The van der Waals surface area contributed by atoms with Crippen molar-refractivity contribution in [3.8, 4) is 0 Å². The van der Waals surface area contributed by atoms with Gasteiger partial charge in [-0.2, -0.15) is 13.2 Å². The zero-order valence-corrected chi connectivity index (χ0v) is 17.4. The molecule has 1 saturated heterocycles. The summed E-state index contributed by atoms with van der Waals surface area (Å²) in [6.45, 7) is 3.91. The van der Waals surface area contributed by atoms with E-state index in [1.54, 1.807) is 13.8 Å². The summed E-state index contributed by atoms with van der Waals surface area (Å²) >= 11 is 0. The molecule has 2 fully saturated rings. The van der Waals surface area contributed by atoms with Crippen LogP contribution in [0.3, 0.4) is 0 Å². The fraction of sp³-hybridized carbons (Fsp3) is 0.650. The molecule has 0 aromatic heterocycles. The summed E-state index contributed by atoms with van der Waals surface area (Å²) in [6, 6.07) is 3.58. The van der Waals surface area contributed by atoms with E-state index < -0.39 is 26.3 Å². The minimum atomic E-state index is -4.60. The second-order valence-corrected chi connectivity index (χ2v) is 11.0. The Hall–Kier alpha value is -1.61. The van der Waals surface area contributed by atoms with Crippen molar-refractivity contribution in [2.24, 2.45) is 5.92 Å². The van der Waals surface area contributed by atoms with E-state index in [-0.39, 0.29) is 28.8 Å². The molecule has 2 N–H and O–H groups in total. The van der Waals surface area contributed by atoms with Crippen LogP contribution in [0.4, 0.5) is 13.2 Å². The van der Waals surface area contributed by atoms with E-state index in [9.17, 15) is 26.4 Å². The van der Waals surface area contributed by atoms with Crippen LogP contribution in [0.1, 0.15) is 51.5 Å². The Bertz CT molecular complexity index is 856. The first kappa shape index (κ1) is 22.1. The number of hydrogen-bond donors (Lipinski definition) is 2. The summed E-state index contributed by atoms with van der Waals surface area (Å²) in [4.78, 5) is 12.0. The Kier molecular flexibility index (Phi) is 6.02. The molecule has 1 aromatic rings. The molecule has 1 aliphatic carbocycles. The summed E-state index contributed by atoms with van der Waals surface area (Å²) in [5, 5.41) is 6.14. The number of carbonyl (C=O) groups is 1. The monoisotopic (exact) mass is 432 g/mol. The average molecular weight is 433 g/mol. The van der Waals surface area contributed by atoms with Crippen LogP contribution in [-0.4, -0.2) is 37.7 Å². The second-order valence-electron chi connectivity index (χ2n) is 8.51. The van der Waals surface area contributed by atoms with Gasteiger partial charge in [-0.25, -0.2) is 8.42 Å². The number of piperidine rings is 1. The maximum absolute atomic E-state index is 13.1. The second kappa shape index (κ2) is 7.91. The maximum atomic E-state index is 13.1. The lowest BCUT2D eigenvalue weighted by atomic mass is 9.73. The zero-order valence-electron chi connectivity index (χ0n) is 16.6. The van der Waals surface area contributed by atoms with Crippen LogP contribution in [0.2, 0.25) is 0 Å². The predicted molar refractivity (Wildman–Crippen MR) is 103 cm³/mol. The summed E-state index contributed by atoms with van der Waals surface area (Å²) < 4.78 is 63.8. The number of carbonyl (C=O) groups excluding carboxylic acids is 1. The number of amides is 1. The minimum Gasteiger partial charge on any atom is -0.352 e. The molecule has 1 atom stereocenters. The zero-order chi connectivity index (χ0) is 21.4. The van der Waals surface area contributed by atoms with Gasteiger partial charge in [0.25, 0.3) is 0 Å². The molecule has 0 unspecified atom stereocenters. The van der Waals surface area contributed by atoms with Gasteiger partial charge in [-0.3, -0.25) is 4.79 Å². The third-order valence-corrected chi connectivity index (χ3v) is 8.85. The van der Waals surface area contributed by atoms with Crippen LogP contribution in [0, 0.1) is 5.92 Å². The van der Waals surface area contributed by atoms with Crippen molar-refractivity contribution in [3.63, 3.8) is 0 Å².